The molecule has 0 amide bonds. The lowest BCUT2D eigenvalue weighted by Gasteiger charge is -2.08. The van der Waals surface area contributed by atoms with Crippen molar-refractivity contribution in [3.63, 3.8) is 0 Å². The highest BCUT2D eigenvalue weighted by Crippen LogP contribution is 2.22. The largest absolute Gasteiger partial charge is 0.329 e. The van der Waals surface area contributed by atoms with Gasteiger partial charge in [0, 0.05) is 6.20 Å². The monoisotopic (exact) mass is 266 g/mol. The normalized spacial score (nSPS) is 10.5. The van der Waals surface area contributed by atoms with Crippen LogP contribution in [0.5, 0.6) is 0 Å². The molecule has 3 rings (SSSR count). The highest BCUT2D eigenvalue weighted by molar-refractivity contribution is 7.71. The number of nitrogens with zero attached hydrogens (tertiary/aromatic N) is 3. The van der Waals surface area contributed by atoms with Gasteiger partial charge in [-0.15, -0.1) is 0 Å². The van der Waals surface area contributed by atoms with Crippen molar-refractivity contribution in [2.75, 3.05) is 0 Å². The van der Waals surface area contributed by atoms with Crippen molar-refractivity contribution in [1.29, 1.82) is 5.26 Å². The van der Waals surface area contributed by atoms with E-state index in [1.54, 1.807) is 18.5 Å². The van der Waals surface area contributed by atoms with E-state index in [1.165, 1.54) is 0 Å². The van der Waals surface area contributed by atoms with Crippen molar-refractivity contribution in [2.45, 2.75) is 6.92 Å². The summed E-state index contributed by atoms with van der Waals surface area (Å²) in [4.78, 5) is 7.20. The molecule has 0 unspecified atom stereocenters. The Kier molecular flexibility index (Phi) is 2.65. The molecule has 1 aromatic carbocycles. The second-order valence-electron chi connectivity index (χ2n) is 4.27. The van der Waals surface area contributed by atoms with Crippen LogP contribution < -0.4 is 0 Å². The van der Waals surface area contributed by atoms with Crippen molar-refractivity contribution in [1.82, 2.24) is 14.5 Å². The summed E-state index contributed by atoms with van der Waals surface area (Å²) < 4.78 is 2.53. The predicted molar refractivity (Wildman–Crippen MR) is 75.7 cm³/mol. The zero-order valence-corrected chi connectivity index (χ0v) is 11.0. The number of aromatic amines is 1. The van der Waals surface area contributed by atoms with E-state index in [0.717, 1.165) is 22.3 Å². The number of fused-ring (bicyclic) bond motifs is 1. The molecule has 5 heteroatoms. The molecule has 2 heterocycles. The van der Waals surface area contributed by atoms with E-state index in [-0.39, 0.29) is 0 Å². The van der Waals surface area contributed by atoms with Crippen LogP contribution in [0.25, 0.3) is 16.7 Å². The quantitative estimate of drug-likeness (QED) is 0.688. The molecule has 0 saturated carbocycles. The molecule has 0 atom stereocenters. The number of hydrogen-bond donors (Lipinski definition) is 1. The van der Waals surface area contributed by atoms with E-state index in [2.05, 4.69) is 16.0 Å². The SMILES string of the molecule is Cc1ccc(C#N)cc1-n1c(=S)[nH]c2cnccc21. The third kappa shape index (κ3) is 1.83. The number of aryl methyl sites for hydroxylation is 1. The zero-order valence-electron chi connectivity index (χ0n) is 10.2. The van der Waals surface area contributed by atoms with E-state index in [9.17, 15) is 0 Å². The summed E-state index contributed by atoms with van der Waals surface area (Å²) in [5.41, 5.74) is 4.44. The van der Waals surface area contributed by atoms with Crippen LogP contribution >= 0.6 is 12.2 Å². The fourth-order valence-corrected chi connectivity index (χ4v) is 2.42. The van der Waals surface area contributed by atoms with E-state index in [4.69, 9.17) is 17.5 Å². The van der Waals surface area contributed by atoms with Gasteiger partial charge in [-0.05, 0) is 42.9 Å². The molecule has 4 nitrogen and oxygen atoms in total. The Morgan fingerprint density at radius 3 is 3.00 bits per heavy atom. The molecule has 1 N–H and O–H groups in total. The maximum Gasteiger partial charge on any atom is 0.182 e. The average Bonchev–Trinajstić information content (AvgIpc) is 2.75. The molecule has 19 heavy (non-hydrogen) atoms. The molecule has 0 aliphatic rings. The smallest absolute Gasteiger partial charge is 0.182 e. The highest BCUT2D eigenvalue weighted by atomic mass is 32.1. The molecule has 0 radical (unpaired) electrons. The number of aromatic nitrogens is 3. The van der Waals surface area contributed by atoms with Gasteiger partial charge in [0.25, 0.3) is 0 Å². The standard InChI is InChI=1S/C14H10N4S/c1-9-2-3-10(7-15)6-13(9)18-12-4-5-16-8-11(12)17-14(18)19/h2-6,8H,1H3,(H,17,19). The molecule has 92 valence electrons. The Labute approximate surface area is 115 Å². The first-order valence-electron chi connectivity index (χ1n) is 5.76. The average molecular weight is 266 g/mol. The van der Waals surface area contributed by atoms with E-state index in [1.807, 2.05) is 29.7 Å². The Bertz CT molecular complexity index is 867. The number of nitriles is 1. The molecule has 0 spiro atoms. The molecule has 0 saturated heterocycles. The predicted octanol–water partition coefficient (Wildman–Crippen LogP) is 3.26. The number of nitrogens with one attached hydrogen (secondary N) is 1. The number of imidazole rings is 1. The molecule has 0 aliphatic carbocycles. The summed E-state index contributed by atoms with van der Waals surface area (Å²) in [5, 5.41) is 9.03. The van der Waals surface area contributed by atoms with Gasteiger partial charge in [0.15, 0.2) is 4.77 Å². The number of rotatable bonds is 1. The lowest BCUT2D eigenvalue weighted by molar-refractivity contribution is 1.05. The minimum Gasteiger partial charge on any atom is -0.329 e. The summed E-state index contributed by atoms with van der Waals surface area (Å²) in [5.74, 6) is 0. The summed E-state index contributed by atoms with van der Waals surface area (Å²) in [7, 11) is 0. The fourth-order valence-electron chi connectivity index (χ4n) is 2.12. The van der Waals surface area contributed by atoms with Crippen LogP contribution in [0.2, 0.25) is 0 Å². The summed E-state index contributed by atoms with van der Waals surface area (Å²) in [6.45, 7) is 2.00. The number of benzene rings is 1. The molecular formula is C14H10N4S. The van der Waals surface area contributed by atoms with Gasteiger partial charge >= 0.3 is 0 Å². The third-order valence-electron chi connectivity index (χ3n) is 3.06. The maximum absolute atomic E-state index is 9.03. The zero-order chi connectivity index (χ0) is 13.4. The third-order valence-corrected chi connectivity index (χ3v) is 3.35. The molecule has 0 aliphatic heterocycles. The van der Waals surface area contributed by atoms with Gasteiger partial charge in [-0.25, -0.2) is 0 Å². The second-order valence-corrected chi connectivity index (χ2v) is 4.66. The van der Waals surface area contributed by atoms with Crippen LogP contribution in [0.3, 0.4) is 0 Å². The Morgan fingerprint density at radius 1 is 1.37 bits per heavy atom. The first kappa shape index (κ1) is 11.6. The van der Waals surface area contributed by atoms with E-state index >= 15 is 0 Å². The molecule has 0 fully saturated rings. The highest BCUT2D eigenvalue weighted by Gasteiger charge is 2.09. The topological polar surface area (TPSA) is 57.4 Å². The summed E-state index contributed by atoms with van der Waals surface area (Å²) in [6.07, 6.45) is 3.47. The first-order chi connectivity index (χ1) is 9.20. The van der Waals surface area contributed by atoms with Crippen LogP contribution in [-0.4, -0.2) is 14.5 Å². The van der Waals surface area contributed by atoms with Crippen molar-refractivity contribution < 1.29 is 0 Å². The lowest BCUT2D eigenvalue weighted by atomic mass is 10.1. The Morgan fingerprint density at radius 2 is 2.21 bits per heavy atom. The van der Waals surface area contributed by atoms with Crippen LogP contribution in [0, 0.1) is 23.0 Å². The lowest BCUT2D eigenvalue weighted by Crippen LogP contribution is -1.97. The van der Waals surface area contributed by atoms with Crippen LogP contribution in [-0.2, 0) is 0 Å². The van der Waals surface area contributed by atoms with Gasteiger partial charge in [0.2, 0.25) is 0 Å². The fraction of sp³-hybridized carbons (Fsp3) is 0.0714. The first-order valence-corrected chi connectivity index (χ1v) is 6.17. The molecule has 0 bridgehead atoms. The van der Waals surface area contributed by atoms with Gasteiger partial charge in [-0.1, -0.05) is 6.07 Å². The van der Waals surface area contributed by atoms with Gasteiger partial charge in [-0.3, -0.25) is 9.55 Å². The minimum absolute atomic E-state index is 0.598. The minimum atomic E-state index is 0.598. The number of hydrogen-bond acceptors (Lipinski definition) is 3. The van der Waals surface area contributed by atoms with Crippen molar-refractivity contribution in [3.8, 4) is 11.8 Å². The van der Waals surface area contributed by atoms with Gasteiger partial charge in [0.05, 0.1) is 34.6 Å². The number of pyridine rings is 1. The van der Waals surface area contributed by atoms with Gasteiger partial charge in [-0.2, -0.15) is 5.26 Å². The van der Waals surface area contributed by atoms with Crippen LogP contribution in [0.1, 0.15) is 11.1 Å². The molecule has 2 aromatic heterocycles. The van der Waals surface area contributed by atoms with Crippen LogP contribution in [0.15, 0.2) is 36.7 Å². The van der Waals surface area contributed by atoms with E-state index < -0.39 is 0 Å². The van der Waals surface area contributed by atoms with Gasteiger partial charge < -0.3 is 4.98 Å². The van der Waals surface area contributed by atoms with E-state index in [0.29, 0.717) is 10.3 Å². The molecular weight excluding hydrogens is 256 g/mol. The van der Waals surface area contributed by atoms with Crippen molar-refractivity contribution in [3.05, 3.63) is 52.6 Å². The van der Waals surface area contributed by atoms with Crippen LogP contribution in [0.4, 0.5) is 0 Å². The Hall–Kier alpha value is -2.45. The number of H-pyrrole nitrogens is 1. The van der Waals surface area contributed by atoms with Gasteiger partial charge in [0.1, 0.15) is 0 Å². The second kappa shape index (κ2) is 4.34. The molecule has 3 aromatic rings. The maximum atomic E-state index is 9.03. The summed E-state index contributed by atoms with van der Waals surface area (Å²) >= 11 is 5.37. The Balaban J connectivity index is 2.40. The van der Waals surface area contributed by atoms with Crippen molar-refractivity contribution >= 4 is 23.3 Å². The van der Waals surface area contributed by atoms with Crippen molar-refractivity contribution in [2.24, 2.45) is 0 Å². The summed E-state index contributed by atoms with van der Waals surface area (Å²) in [6, 6.07) is 9.63.